The zero-order chi connectivity index (χ0) is 17.5. The van der Waals surface area contributed by atoms with Gasteiger partial charge in [0, 0.05) is 11.9 Å². The Bertz CT molecular complexity index is 829. The van der Waals surface area contributed by atoms with Crippen LogP contribution in [0, 0.1) is 0 Å². The number of rotatable bonds is 7. The lowest BCUT2D eigenvalue weighted by molar-refractivity contribution is 0.0696. The van der Waals surface area contributed by atoms with Gasteiger partial charge in [-0.15, -0.1) is 0 Å². The van der Waals surface area contributed by atoms with Gasteiger partial charge in [-0.1, -0.05) is 48.5 Å². The molecule has 1 aromatic heterocycles. The van der Waals surface area contributed by atoms with Gasteiger partial charge in [0.15, 0.2) is 0 Å². The first-order valence-corrected chi connectivity index (χ1v) is 8.15. The zero-order valence-electron chi connectivity index (χ0n) is 13.8. The predicted molar refractivity (Wildman–Crippen MR) is 95.8 cm³/mol. The first-order chi connectivity index (χ1) is 12.2. The molecule has 0 aliphatic rings. The third-order valence-electron chi connectivity index (χ3n) is 3.93. The molecular weight excluding hydrogens is 314 g/mol. The molecule has 0 fully saturated rings. The molecule has 0 saturated heterocycles. The van der Waals surface area contributed by atoms with Crippen LogP contribution in [0.3, 0.4) is 0 Å². The summed E-state index contributed by atoms with van der Waals surface area (Å²) in [5, 5.41) is 8.92. The van der Waals surface area contributed by atoms with Crippen molar-refractivity contribution < 1.29 is 14.6 Å². The van der Waals surface area contributed by atoms with E-state index in [1.54, 1.807) is 12.1 Å². The molecule has 4 heteroatoms. The molecule has 0 amide bonds. The summed E-state index contributed by atoms with van der Waals surface area (Å²) in [6.07, 6.45) is 2.91. The number of pyridine rings is 1. The van der Waals surface area contributed by atoms with Gasteiger partial charge < -0.3 is 9.84 Å². The number of ether oxygens (including phenoxy) is 1. The number of para-hydroxylation sites is 1. The van der Waals surface area contributed by atoms with E-state index in [1.165, 1.54) is 6.20 Å². The minimum Gasteiger partial charge on any atom is -0.489 e. The second kappa shape index (κ2) is 8.11. The van der Waals surface area contributed by atoms with Gasteiger partial charge in [0.1, 0.15) is 12.4 Å². The number of hydrogen-bond donors (Lipinski definition) is 1. The van der Waals surface area contributed by atoms with Crippen LogP contribution < -0.4 is 4.74 Å². The van der Waals surface area contributed by atoms with Gasteiger partial charge in [0.2, 0.25) is 0 Å². The molecule has 0 aliphatic carbocycles. The number of carbonyl (C=O) groups is 1. The average molecular weight is 333 g/mol. The Balaban J connectivity index is 1.63. The molecule has 1 N–H and O–H groups in total. The van der Waals surface area contributed by atoms with E-state index in [9.17, 15) is 4.79 Å². The number of hydrogen-bond acceptors (Lipinski definition) is 3. The van der Waals surface area contributed by atoms with Gasteiger partial charge in [0.25, 0.3) is 0 Å². The summed E-state index contributed by atoms with van der Waals surface area (Å²) in [5.74, 6) is -0.0905. The van der Waals surface area contributed by atoms with Gasteiger partial charge in [-0.3, -0.25) is 4.98 Å². The number of aromatic carboxylic acids is 1. The zero-order valence-corrected chi connectivity index (χ0v) is 13.8. The van der Waals surface area contributed by atoms with Crippen molar-refractivity contribution in [3.63, 3.8) is 0 Å². The van der Waals surface area contributed by atoms with Gasteiger partial charge in [-0.25, -0.2) is 4.79 Å². The van der Waals surface area contributed by atoms with Crippen LogP contribution in [-0.2, 0) is 19.4 Å². The van der Waals surface area contributed by atoms with Crippen LogP contribution in [0.1, 0.15) is 27.2 Å². The number of carboxylic acids is 1. The highest BCUT2D eigenvalue weighted by molar-refractivity contribution is 5.87. The fraction of sp³-hybridized carbons (Fsp3) is 0.143. The molecule has 0 saturated carbocycles. The average Bonchev–Trinajstić information content (AvgIpc) is 2.66. The Morgan fingerprint density at radius 2 is 1.68 bits per heavy atom. The highest BCUT2D eigenvalue weighted by Crippen LogP contribution is 2.21. The summed E-state index contributed by atoms with van der Waals surface area (Å²) >= 11 is 0. The summed E-state index contributed by atoms with van der Waals surface area (Å²) in [6, 6.07) is 21.4. The molecule has 2 aromatic carbocycles. The Morgan fingerprint density at radius 1 is 0.920 bits per heavy atom. The van der Waals surface area contributed by atoms with Crippen LogP contribution in [0.15, 0.2) is 72.9 Å². The van der Waals surface area contributed by atoms with Crippen molar-refractivity contribution in [2.75, 3.05) is 0 Å². The summed E-state index contributed by atoms with van der Waals surface area (Å²) in [6.45, 7) is 0.531. The summed E-state index contributed by atoms with van der Waals surface area (Å²) < 4.78 is 5.96. The normalized spacial score (nSPS) is 10.4. The van der Waals surface area contributed by atoms with E-state index >= 15 is 0 Å². The highest BCUT2D eigenvalue weighted by atomic mass is 16.5. The maximum atomic E-state index is 10.9. The molecule has 0 atom stereocenters. The lowest BCUT2D eigenvalue weighted by Gasteiger charge is -2.11. The van der Waals surface area contributed by atoms with Crippen molar-refractivity contribution >= 4 is 5.97 Å². The Morgan fingerprint density at radius 3 is 2.40 bits per heavy atom. The summed E-state index contributed by atoms with van der Waals surface area (Å²) in [7, 11) is 0. The van der Waals surface area contributed by atoms with Crippen LogP contribution in [-0.4, -0.2) is 16.1 Å². The molecule has 3 aromatic rings. The molecule has 126 valence electrons. The SMILES string of the molecule is O=C(O)c1ccc(CCc2ccccc2OCc2ccccc2)nc1. The number of benzene rings is 2. The number of aryl methyl sites for hydroxylation is 2. The summed E-state index contributed by atoms with van der Waals surface area (Å²) in [5.41, 5.74) is 3.31. The number of aromatic nitrogens is 1. The van der Waals surface area contributed by atoms with E-state index in [0.29, 0.717) is 6.61 Å². The Hall–Kier alpha value is -3.14. The van der Waals surface area contributed by atoms with Crippen LogP contribution in [0.25, 0.3) is 0 Å². The largest absolute Gasteiger partial charge is 0.489 e. The molecule has 25 heavy (non-hydrogen) atoms. The first kappa shape index (κ1) is 16.7. The molecule has 1 heterocycles. The number of carboxylic acid groups (broad SMARTS) is 1. The lowest BCUT2D eigenvalue weighted by Crippen LogP contribution is -2.02. The summed E-state index contributed by atoms with van der Waals surface area (Å²) in [4.78, 5) is 15.1. The highest BCUT2D eigenvalue weighted by Gasteiger charge is 2.06. The van der Waals surface area contributed by atoms with Crippen LogP contribution >= 0.6 is 0 Å². The van der Waals surface area contributed by atoms with Crippen LogP contribution in [0.5, 0.6) is 5.75 Å². The van der Waals surface area contributed by atoms with Gasteiger partial charge in [-0.05, 0) is 42.2 Å². The van der Waals surface area contributed by atoms with Crippen molar-refractivity contribution in [3.8, 4) is 5.75 Å². The minimum absolute atomic E-state index is 0.204. The molecular formula is C21H19NO3. The van der Waals surface area contributed by atoms with Gasteiger partial charge in [-0.2, -0.15) is 0 Å². The molecule has 0 bridgehead atoms. The lowest BCUT2D eigenvalue weighted by atomic mass is 10.1. The van der Waals surface area contributed by atoms with E-state index in [4.69, 9.17) is 9.84 Å². The third-order valence-corrected chi connectivity index (χ3v) is 3.93. The molecule has 4 nitrogen and oxygen atoms in total. The fourth-order valence-electron chi connectivity index (χ4n) is 2.55. The molecule has 0 spiro atoms. The van der Waals surface area contributed by atoms with E-state index in [2.05, 4.69) is 4.98 Å². The van der Waals surface area contributed by atoms with Crippen molar-refractivity contribution in [2.24, 2.45) is 0 Å². The molecule has 0 radical (unpaired) electrons. The third kappa shape index (κ3) is 4.67. The van der Waals surface area contributed by atoms with Crippen LogP contribution in [0.2, 0.25) is 0 Å². The predicted octanol–water partition coefficient (Wildman–Crippen LogP) is 4.14. The second-order valence-electron chi connectivity index (χ2n) is 5.73. The van der Waals surface area contributed by atoms with E-state index < -0.39 is 5.97 Å². The Kier molecular flexibility index (Phi) is 5.42. The number of nitrogens with zero attached hydrogens (tertiary/aromatic N) is 1. The first-order valence-electron chi connectivity index (χ1n) is 8.15. The van der Waals surface area contributed by atoms with E-state index in [0.717, 1.165) is 35.4 Å². The van der Waals surface area contributed by atoms with Crippen molar-refractivity contribution in [1.82, 2.24) is 4.98 Å². The molecule has 0 aliphatic heterocycles. The quantitative estimate of drug-likeness (QED) is 0.706. The smallest absolute Gasteiger partial charge is 0.337 e. The second-order valence-corrected chi connectivity index (χ2v) is 5.73. The van der Waals surface area contributed by atoms with E-state index in [-0.39, 0.29) is 5.56 Å². The van der Waals surface area contributed by atoms with E-state index in [1.807, 2.05) is 54.6 Å². The fourth-order valence-corrected chi connectivity index (χ4v) is 2.55. The molecule has 0 unspecified atom stereocenters. The van der Waals surface area contributed by atoms with Gasteiger partial charge >= 0.3 is 5.97 Å². The molecule has 3 rings (SSSR count). The van der Waals surface area contributed by atoms with Crippen molar-refractivity contribution in [1.29, 1.82) is 0 Å². The monoisotopic (exact) mass is 333 g/mol. The maximum Gasteiger partial charge on any atom is 0.337 e. The Labute approximate surface area is 146 Å². The minimum atomic E-state index is -0.960. The van der Waals surface area contributed by atoms with Crippen molar-refractivity contribution in [2.45, 2.75) is 19.4 Å². The van der Waals surface area contributed by atoms with Crippen LogP contribution in [0.4, 0.5) is 0 Å². The van der Waals surface area contributed by atoms with Gasteiger partial charge in [0.05, 0.1) is 5.56 Å². The standard InChI is InChI=1S/C21H19NO3/c23-21(24)18-11-13-19(22-14-18)12-10-17-8-4-5-9-20(17)25-15-16-6-2-1-3-7-16/h1-9,11,13-14H,10,12,15H2,(H,23,24). The van der Waals surface area contributed by atoms with Crippen molar-refractivity contribution in [3.05, 3.63) is 95.3 Å². The maximum absolute atomic E-state index is 10.9. The topological polar surface area (TPSA) is 59.4 Å².